The maximum Gasteiger partial charge on any atom is 0.239 e. The first-order valence-electron chi connectivity index (χ1n) is 10.4. The Balaban J connectivity index is 0.00000320. The highest BCUT2D eigenvalue weighted by Crippen LogP contribution is 2.24. The van der Waals surface area contributed by atoms with E-state index in [0.717, 1.165) is 67.1 Å². The van der Waals surface area contributed by atoms with Crippen LogP contribution in [0.15, 0.2) is 33.7 Å². The minimum absolute atomic E-state index is 0. The molecule has 0 radical (unpaired) electrons. The van der Waals surface area contributed by atoms with Crippen LogP contribution in [-0.2, 0) is 11.3 Å². The van der Waals surface area contributed by atoms with Gasteiger partial charge in [-0.15, -0.1) is 24.0 Å². The number of likely N-dealkylation sites (tertiary alicyclic amines) is 1. The monoisotopic (exact) mass is 527 g/mol. The predicted molar refractivity (Wildman–Crippen MR) is 132 cm³/mol. The number of halogens is 1. The standard InChI is InChI=1S/C22H33N5O2.HI/c1-16-17-9-5-6-11-19(17)29-20(16)15-25-22(23-2)24-12-8-14-27-13-7-10-18(27)21(28)26(3)4;/h5-6,9,11,18H,7-8,10,12-15H2,1-4H3,(H2,23,24,25);1H. The fourth-order valence-corrected chi connectivity index (χ4v) is 3.94. The van der Waals surface area contributed by atoms with Crippen LogP contribution in [0.3, 0.4) is 0 Å². The molecule has 1 amide bonds. The van der Waals surface area contributed by atoms with Gasteiger partial charge in [-0.25, -0.2) is 0 Å². The van der Waals surface area contributed by atoms with Gasteiger partial charge in [0.1, 0.15) is 11.3 Å². The van der Waals surface area contributed by atoms with Gasteiger partial charge >= 0.3 is 0 Å². The molecule has 8 heteroatoms. The lowest BCUT2D eigenvalue weighted by Crippen LogP contribution is -2.44. The zero-order valence-electron chi connectivity index (χ0n) is 18.4. The van der Waals surface area contributed by atoms with Crippen LogP contribution in [0.2, 0.25) is 0 Å². The van der Waals surface area contributed by atoms with Crippen LogP contribution in [0.25, 0.3) is 11.0 Å². The number of benzene rings is 1. The third-order valence-electron chi connectivity index (χ3n) is 5.59. The van der Waals surface area contributed by atoms with Gasteiger partial charge in [0.05, 0.1) is 12.6 Å². The van der Waals surface area contributed by atoms with Gasteiger partial charge in [0, 0.05) is 45.2 Å². The fourth-order valence-electron chi connectivity index (χ4n) is 3.94. The number of carbonyl (C=O) groups excluding carboxylic acids is 1. The van der Waals surface area contributed by atoms with Crippen molar-refractivity contribution in [2.24, 2.45) is 4.99 Å². The molecule has 1 aliphatic heterocycles. The van der Waals surface area contributed by atoms with Crippen molar-refractivity contribution in [1.82, 2.24) is 20.4 Å². The summed E-state index contributed by atoms with van der Waals surface area (Å²) in [5.41, 5.74) is 2.08. The quantitative estimate of drug-likeness (QED) is 0.251. The molecule has 1 saturated heterocycles. The highest BCUT2D eigenvalue weighted by Gasteiger charge is 2.30. The number of likely N-dealkylation sites (N-methyl/N-ethyl adjacent to an activating group) is 1. The number of aryl methyl sites for hydroxylation is 1. The summed E-state index contributed by atoms with van der Waals surface area (Å²) >= 11 is 0. The number of hydrogen-bond acceptors (Lipinski definition) is 4. The van der Waals surface area contributed by atoms with Crippen molar-refractivity contribution in [1.29, 1.82) is 0 Å². The number of nitrogens with zero attached hydrogens (tertiary/aromatic N) is 3. The highest BCUT2D eigenvalue weighted by atomic mass is 127. The summed E-state index contributed by atoms with van der Waals surface area (Å²) in [7, 11) is 5.44. The number of hydrogen-bond donors (Lipinski definition) is 2. The summed E-state index contributed by atoms with van der Waals surface area (Å²) in [4.78, 5) is 20.6. The summed E-state index contributed by atoms with van der Waals surface area (Å²) in [6, 6.07) is 8.13. The molecule has 3 rings (SSSR count). The van der Waals surface area contributed by atoms with E-state index in [-0.39, 0.29) is 35.9 Å². The average molecular weight is 527 g/mol. The molecular formula is C22H34IN5O2. The molecule has 1 fully saturated rings. The van der Waals surface area contributed by atoms with Crippen LogP contribution in [0, 0.1) is 6.92 Å². The molecule has 1 atom stereocenters. The first-order chi connectivity index (χ1) is 14.0. The van der Waals surface area contributed by atoms with Crippen LogP contribution in [-0.4, -0.2) is 68.5 Å². The van der Waals surface area contributed by atoms with Gasteiger partial charge < -0.3 is 20.0 Å². The molecule has 7 nitrogen and oxygen atoms in total. The van der Waals surface area contributed by atoms with Crippen molar-refractivity contribution in [2.45, 2.75) is 38.8 Å². The Hall–Kier alpha value is -1.81. The lowest BCUT2D eigenvalue weighted by Gasteiger charge is -2.26. The van der Waals surface area contributed by atoms with Gasteiger partial charge in [-0.3, -0.25) is 14.7 Å². The molecule has 1 aromatic heterocycles. The van der Waals surface area contributed by atoms with E-state index in [9.17, 15) is 4.79 Å². The number of fused-ring (bicyclic) bond motifs is 1. The zero-order valence-corrected chi connectivity index (χ0v) is 20.7. The third-order valence-corrected chi connectivity index (χ3v) is 5.59. The molecular weight excluding hydrogens is 493 g/mol. The van der Waals surface area contributed by atoms with Gasteiger partial charge in [-0.05, 0) is 38.8 Å². The molecule has 0 bridgehead atoms. The number of furan rings is 1. The molecule has 0 saturated carbocycles. The van der Waals surface area contributed by atoms with E-state index in [1.54, 1.807) is 11.9 Å². The number of amides is 1. The normalized spacial score (nSPS) is 17.1. The Kier molecular flexibility index (Phi) is 9.41. The minimum atomic E-state index is 0. The van der Waals surface area contributed by atoms with Gasteiger partial charge in [-0.2, -0.15) is 0 Å². The SMILES string of the molecule is CN=C(NCCCN1CCCC1C(=O)N(C)C)NCc1oc2ccccc2c1C.I. The summed E-state index contributed by atoms with van der Waals surface area (Å²) in [6.45, 7) is 5.39. The van der Waals surface area contributed by atoms with E-state index >= 15 is 0 Å². The van der Waals surface area contributed by atoms with Crippen molar-refractivity contribution in [3.05, 3.63) is 35.6 Å². The van der Waals surface area contributed by atoms with Gasteiger partial charge in [0.15, 0.2) is 5.96 Å². The van der Waals surface area contributed by atoms with Crippen LogP contribution >= 0.6 is 24.0 Å². The maximum absolute atomic E-state index is 12.3. The zero-order chi connectivity index (χ0) is 20.8. The fraction of sp³-hybridized carbons (Fsp3) is 0.545. The second kappa shape index (κ2) is 11.5. The van der Waals surface area contributed by atoms with Crippen LogP contribution in [0.4, 0.5) is 0 Å². The molecule has 1 aliphatic rings. The highest BCUT2D eigenvalue weighted by molar-refractivity contribution is 14.0. The average Bonchev–Trinajstić information content (AvgIpc) is 3.31. The number of para-hydroxylation sites is 1. The Morgan fingerprint density at radius 2 is 2.07 bits per heavy atom. The number of guanidine groups is 1. The van der Waals surface area contributed by atoms with Gasteiger partial charge in [0.25, 0.3) is 0 Å². The third kappa shape index (κ3) is 5.87. The number of aliphatic imine (C=N–C) groups is 1. The summed E-state index contributed by atoms with van der Waals surface area (Å²) in [5, 5.41) is 7.84. The van der Waals surface area contributed by atoms with E-state index < -0.39 is 0 Å². The van der Waals surface area contributed by atoms with Crippen molar-refractivity contribution in [2.75, 3.05) is 40.8 Å². The topological polar surface area (TPSA) is 73.1 Å². The number of rotatable bonds is 7. The molecule has 0 aliphatic carbocycles. The van der Waals surface area contributed by atoms with Gasteiger partial charge in [0.2, 0.25) is 5.91 Å². The molecule has 30 heavy (non-hydrogen) atoms. The molecule has 2 heterocycles. The van der Waals surface area contributed by atoms with Crippen LogP contribution < -0.4 is 10.6 Å². The summed E-state index contributed by atoms with van der Waals surface area (Å²) in [6.07, 6.45) is 3.02. The smallest absolute Gasteiger partial charge is 0.239 e. The molecule has 166 valence electrons. The van der Waals surface area contributed by atoms with Crippen molar-refractivity contribution in [3.63, 3.8) is 0 Å². The second-order valence-corrected chi connectivity index (χ2v) is 7.78. The van der Waals surface area contributed by atoms with Crippen molar-refractivity contribution in [3.8, 4) is 0 Å². The van der Waals surface area contributed by atoms with Crippen LogP contribution in [0.1, 0.15) is 30.6 Å². The molecule has 2 aromatic rings. The lowest BCUT2D eigenvalue weighted by atomic mass is 10.1. The molecule has 2 N–H and O–H groups in total. The van der Waals surface area contributed by atoms with E-state index in [0.29, 0.717) is 6.54 Å². The Morgan fingerprint density at radius 1 is 1.30 bits per heavy atom. The van der Waals surface area contributed by atoms with E-state index in [1.165, 1.54) is 0 Å². The van der Waals surface area contributed by atoms with E-state index in [1.807, 2.05) is 32.3 Å². The maximum atomic E-state index is 12.3. The van der Waals surface area contributed by atoms with Crippen molar-refractivity contribution >= 4 is 46.8 Å². The molecule has 1 aromatic carbocycles. The summed E-state index contributed by atoms with van der Waals surface area (Å²) < 4.78 is 5.95. The van der Waals surface area contributed by atoms with Crippen LogP contribution in [0.5, 0.6) is 0 Å². The lowest BCUT2D eigenvalue weighted by molar-refractivity contribution is -0.133. The minimum Gasteiger partial charge on any atom is -0.459 e. The van der Waals surface area contributed by atoms with E-state index in [2.05, 4.69) is 33.5 Å². The molecule has 0 spiro atoms. The summed E-state index contributed by atoms with van der Waals surface area (Å²) in [5.74, 6) is 1.90. The van der Waals surface area contributed by atoms with Gasteiger partial charge in [-0.1, -0.05) is 18.2 Å². The Labute approximate surface area is 196 Å². The Morgan fingerprint density at radius 3 is 2.77 bits per heavy atom. The first kappa shape index (κ1) is 24.5. The van der Waals surface area contributed by atoms with E-state index in [4.69, 9.17) is 4.42 Å². The second-order valence-electron chi connectivity index (χ2n) is 7.78. The van der Waals surface area contributed by atoms with Crippen molar-refractivity contribution < 1.29 is 9.21 Å². The largest absolute Gasteiger partial charge is 0.459 e. The number of carbonyl (C=O) groups is 1. The predicted octanol–water partition coefficient (Wildman–Crippen LogP) is 2.97. The number of nitrogens with one attached hydrogen (secondary N) is 2. The Bertz CT molecular complexity index is 864. The first-order valence-corrected chi connectivity index (χ1v) is 10.4. The molecule has 1 unspecified atom stereocenters.